The van der Waals surface area contributed by atoms with Gasteiger partial charge < -0.3 is 38.7 Å². The van der Waals surface area contributed by atoms with Crippen LogP contribution in [0.3, 0.4) is 0 Å². The van der Waals surface area contributed by atoms with Crippen LogP contribution in [0, 0.1) is 39.4 Å². The Bertz CT molecular complexity index is 1300. The topological polar surface area (TPSA) is 148 Å². The minimum absolute atomic E-state index is 0.00902. The third-order valence-electron chi connectivity index (χ3n) is 13.4. The highest BCUT2D eigenvalue weighted by molar-refractivity contribution is 5.87. The lowest BCUT2D eigenvalue weighted by Gasteiger charge is -2.76. The van der Waals surface area contributed by atoms with E-state index in [1.165, 1.54) is 0 Å². The quantitative estimate of drug-likeness (QED) is 0.363. The highest BCUT2D eigenvalue weighted by atomic mass is 16.7. The Morgan fingerprint density at radius 1 is 1.17 bits per heavy atom. The Labute approximate surface area is 238 Å². The van der Waals surface area contributed by atoms with Crippen molar-refractivity contribution in [3.63, 3.8) is 0 Å². The van der Waals surface area contributed by atoms with Crippen LogP contribution in [0.25, 0.3) is 0 Å². The van der Waals surface area contributed by atoms with Crippen LogP contribution in [0.15, 0.2) is 23.0 Å². The molecule has 3 N–H and O–H groups in total. The van der Waals surface area contributed by atoms with E-state index in [2.05, 4.69) is 6.92 Å². The molecule has 15 atom stereocenters. The van der Waals surface area contributed by atoms with Crippen LogP contribution in [-0.2, 0) is 28.5 Å². The Morgan fingerprint density at radius 3 is 2.66 bits per heavy atom. The fourth-order valence-electron chi connectivity index (χ4n) is 11.3. The molecule has 10 heteroatoms. The normalized spacial score (nSPS) is 56.8. The Morgan fingerprint density at radius 2 is 1.95 bits per heavy atom. The number of aliphatic hydroxyl groups is 3. The van der Waals surface area contributed by atoms with Crippen LogP contribution in [0.4, 0.5) is 0 Å². The van der Waals surface area contributed by atoms with Crippen molar-refractivity contribution < 1.29 is 48.3 Å². The maximum Gasteiger partial charge on any atom is 0.308 e. The van der Waals surface area contributed by atoms with Crippen LogP contribution < -0.4 is 0 Å². The Balaban J connectivity index is 1.27. The standard InChI is InChI=1S/C31H40O10/c1-5-14(2)24(35)39-21-10-20(34)30-18-9-19(33)29(13-38-26(30)40-25(36)28(18,21)4)23(30)17(32)11-27(3)16(15-6-7-37-12-15)8-22-31(27,29)41-22/h6-7,12,14,16,18-23,25-26,33-34,36H,5,8-11,13H2,1-4H3/t14-,16+,18?,19+,20-,21+,22-,23-,25+,26-,27+,28-,29+,30+,31+/m0/s1. The first-order valence-corrected chi connectivity index (χ1v) is 15.2. The van der Waals surface area contributed by atoms with Crippen LogP contribution >= 0.6 is 0 Å². The number of furan rings is 1. The third kappa shape index (κ3) is 2.66. The van der Waals surface area contributed by atoms with Gasteiger partial charge in [-0.05, 0) is 42.7 Å². The summed E-state index contributed by atoms with van der Waals surface area (Å²) >= 11 is 0. The minimum atomic E-state index is -1.38. The van der Waals surface area contributed by atoms with E-state index in [1.807, 2.05) is 13.0 Å². The van der Waals surface area contributed by atoms with E-state index >= 15 is 0 Å². The number of carbonyl (C=O) groups is 2. The van der Waals surface area contributed by atoms with Gasteiger partial charge in [-0.2, -0.15) is 0 Å². The molecule has 4 saturated carbocycles. The third-order valence-corrected chi connectivity index (χ3v) is 13.4. The van der Waals surface area contributed by atoms with Gasteiger partial charge in [0, 0.05) is 24.2 Å². The van der Waals surface area contributed by atoms with E-state index in [-0.39, 0.29) is 49.6 Å². The molecule has 7 fully saturated rings. The lowest BCUT2D eigenvalue weighted by atomic mass is 9.32. The molecule has 0 aromatic carbocycles. The summed E-state index contributed by atoms with van der Waals surface area (Å²) in [7, 11) is 0. The van der Waals surface area contributed by atoms with Gasteiger partial charge in [0.25, 0.3) is 0 Å². The van der Waals surface area contributed by atoms with Gasteiger partial charge in [-0.1, -0.05) is 27.7 Å². The van der Waals surface area contributed by atoms with Gasteiger partial charge in [0.1, 0.15) is 17.5 Å². The number of hydrogen-bond donors (Lipinski definition) is 3. The highest BCUT2D eigenvalue weighted by Gasteiger charge is 2.93. The lowest BCUT2D eigenvalue weighted by Crippen LogP contribution is -2.86. The monoisotopic (exact) mass is 572 g/mol. The van der Waals surface area contributed by atoms with Crippen LogP contribution in [-0.4, -0.2) is 76.3 Å². The predicted octanol–water partition coefficient (Wildman–Crippen LogP) is 2.29. The van der Waals surface area contributed by atoms with Crippen molar-refractivity contribution in [1.82, 2.24) is 0 Å². The van der Waals surface area contributed by atoms with Gasteiger partial charge >= 0.3 is 5.97 Å². The summed E-state index contributed by atoms with van der Waals surface area (Å²) in [6.45, 7) is 7.59. The molecule has 3 saturated heterocycles. The number of hydrogen-bond acceptors (Lipinski definition) is 10. The average molecular weight is 573 g/mol. The van der Waals surface area contributed by atoms with Crippen LogP contribution in [0.2, 0.25) is 0 Å². The molecule has 10 nitrogen and oxygen atoms in total. The number of carbonyl (C=O) groups excluding carboxylic acids is 2. The summed E-state index contributed by atoms with van der Waals surface area (Å²) in [5.74, 6) is -2.21. The second-order valence-electron chi connectivity index (χ2n) is 14.5. The number of epoxide rings is 1. The highest BCUT2D eigenvalue weighted by Crippen LogP contribution is 2.84. The average Bonchev–Trinajstić information content (AvgIpc) is 3.29. The van der Waals surface area contributed by atoms with Crippen molar-refractivity contribution in [3.05, 3.63) is 24.2 Å². The SMILES string of the molecule is CC[C@H](C)C(=O)O[C@@H]1C[C@H](O)[C@@]23C4C[C@@H](O)[C@]5(CO[C@H]2O[C@@H](O)[C@@]41C)[C@@H]3C(=O)C[C@]1(C)[C@@H](c2ccoc2)C[C@@H]2O[C@@]251. The Hall–Kier alpha value is -1.82. The number of rotatable bonds is 4. The second kappa shape index (κ2) is 8.01. The molecule has 4 heterocycles. The molecule has 0 amide bonds. The minimum Gasteiger partial charge on any atom is -0.472 e. The fourth-order valence-corrected chi connectivity index (χ4v) is 11.3. The van der Waals surface area contributed by atoms with Crippen molar-refractivity contribution >= 4 is 11.8 Å². The molecule has 3 bridgehead atoms. The number of ketones is 1. The van der Waals surface area contributed by atoms with Gasteiger partial charge in [0.2, 0.25) is 0 Å². The summed E-state index contributed by atoms with van der Waals surface area (Å²) < 4.78 is 30.6. The second-order valence-corrected chi connectivity index (χ2v) is 14.5. The largest absolute Gasteiger partial charge is 0.472 e. The van der Waals surface area contributed by atoms with Gasteiger partial charge in [0.15, 0.2) is 12.6 Å². The van der Waals surface area contributed by atoms with E-state index < -0.39 is 76.0 Å². The van der Waals surface area contributed by atoms with Gasteiger partial charge in [-0.25, -0.2) is 0 Å². The summed E-state index contributed by atoms with van der Waals surface area (Å²) in [6, 6.07) is 1.94. The van der Waals surface area contributed by atoms with Crippen LogP contribution in [0.5, 0.6) is 0 Å². The molecule has 224 valence electrons. The molecule has 7 aliphatic rings. The molecule has 1 unspecified atom stereocenters. The zero-order valence-corrected chi connectivity index (χ0v) is 23.9. The first kappa shape index (κ1) is 26.8. The molecule has 0 radical (unpaired) electrons. The lowest BCUT2D eigenvalue weighted by molar-refractivity contribution is -0.465. The number of ether oxygens (including phenoxy) is 4. The van der Waals surface area contributed by atoms with Crippen molar-refractivity contribution in [2.24, 2.45) is 39.4 Å². The van der Waals surface area contributed by atoms with E-state index in [0.717, 1.165) is 5.56 Å². The summed E-state index contributed by atoms with van der Waals surface area (Å²) in [6.07, 6.45) is -0.477. The van der Waals surface area contributed by atoms with Crippen molar-refractivity contribution in [1.29, 1.82) is 0 Å². The number of aliphatic hydroxyl groups excluding tert-OH is 3. The van der Waals surface area contributed by atoms with Gasteiger partial charge in [-0.3, -0.25) is 9.59 Å². The molecule has 1 aromatic rings. The smallest absolute Gasteiger partial charge is 0.308 e. The van der Waals surface area contributed by atoms with Crippen LogP contribution in [0.1, 0.15) is 71.3 Å². The molecule has 8 rings (SSSR count). The molecule has 1 aromatic heterocycles. The molecule has 41 heavy (non-hydrogen) atoms. The molecule has 2 spiro atoms. The Kier molecular flexibility index (Phi) is 5.23. The van der Waals surface area contributed by atoms with E-state index in [4.69, 9.17) is 23.4 Å². The summed E-state index contributed by atoms with van der Waals surface area (Å²) in [4.78, 5) is 27.6. The predicted molar refractivity (Wildman–Crippen MR) is 139 cm³/mol. The van der Waals surface area contributed by atoms with Crippen molar-refractivity contribution in [2.45, 2.75) is 108 Å². The first-order valence-electron chi connectivity index (χ1n) is 15.2. The number of esters is 1. The first-order chi connectivity index (χ1) is 19.4. The maximum atomic E-state index is 14.7. The van der Waals surface area contributed by atoms with E-state index in [9.17, 15) is 24.9 Å². The zero-order valence-electron chi connectivity index (χ0n) is 23.9. The molecule has 4 aliphatic carbocycles. The van der Waals surface area contributed by atoms with E-state index in [0.29, 0.717) is 12.8 Å². The van der Waals surface area contributed by atoms with E-state index in [1.54, 1.807) is 26.4 Å². The maximum absolute atomic E-state index is 14.7. The molecular weight excluding hydrogens is 532 g/mol. The van der Waals surface area contributed by atoms with Gasteiger partial charge in [-0.15, -0.1) is 0 Å². The van der Waals surface area contributed by atoms with Crippen molar-refractivity contribution in [3.8, 4) is 0 Å². The van der Waals surface area contributed by atoms with Crippen molar-refractivity contribution in [2.75, 3.05) is 6.61 Å². The zero-order chi connectivity index (χ0) is 28.9. The molecule has 3 aliphatic heterocycles. The fraction of sp³-hybridized carbons (Fsp3) is 0.806. The number of Topliss-reactive ketones (excluding diaryl/α,β-unsaturated/α-hetero) is 1. The van der Waals surface area contributed by atoms with Gasteiger partial charge in [0.05, 0.1) is 59.6 Å². The summed E-state index contributed by atoms with van der Waals surface area (Å²) in [5, 5.41) is 35.9. The summed E-state index contributed by atoms with van der Waals surface area (Å²) in [5.41, 5.74) is -3.92. The molecular formula is C31H40O10.